The number of hydrogen-bond donors (Lipinski definition) is 2. The third kappa shape index (κ3) is 3.40. The molecule has 0 radical (unpaired) electrons. The largest absolute Gasteiger partial charge is 0.318 e. The fourth-order valence-corrected chi connectivity index (χ4v) is 1.43. The van der Waals surface area contributed by atoms with Gasteiger partial charge in [-0.1, -0.05) is 6.07 Å². The molecule has 0 aliphatic rings. The van der Waals surface area contributed by atoms with Crippen molar-refractivity contribution in [2.24, 2.45) is 5.84 Å². The lowest BCUT2D eigenvalue weighted by molar-refractivity contribution is -0.384. The van der Waals surface area contributed by atoms with Crippen molar-refractivity contribution in [3.8, 4) is 0 Å². The molecule has 0 saturated carbocycles. The Morgan fingerprint density at radius 2 is 2.18 bits per heavy atom. The van der Waals surface area contributed by atoms with Crippen LogP contribution in [0.5, 0.6) is 0 Å². The Balaban J connectivity index is 2.94. The van der Waals surface area contributed by atoms with Gasteiger partial charge in [0.05, 0.1) is 4.92 Å². The Morgan fingerprint density at radius 3 is 2.65 bits per heavy atom. The molecule has 0 saturated heterocycles. The second-order valence-corrected chi connectivity index (χ2v) is 4.26. The maximum absolute atomic E-state index is 10.7. The van der Waals surface area contributed by atoms with Gasteiger partial charge in [0.2, 0.25) is 0 Å². The van der Waals surface area contributed by atoms with Gasteiger partial charge in [0, 0.05) is 18.7 Å². The summed E-state index contributed by atoms with van der Waals surface area (Å²) >= 11 is 0. The number of nitrogens with two attached hydrogens (primary N) is 1. The van der Waals surface area contributed by atoms with Crippen molar-refractivity contribution in [1.82, 2.24) is 4.90 Å². The van der Waals surface area contributed by atoms with Gasteiger partial charge >= 0.3 is 0 Å². The van der Waals surface area contributed by atoms with Crippen molar-refractivity contribution in [2.45, 2.75) is 26.4 Å². The van der Waals surface area contributed by atoms with E-state index in [1.807, 2.05) is 7.05 Å². The number of hydrazine groups is 1. The van der Waals surface area contributed by atoms with Crippen LogP contribution in [0.1, 0.15) is 19.4 Å². The van der Waals surface area contributed by atoms with E-state index in [1.54, 1.807) is 12.1 Å². The van der Waals surface area contributed by atoms with E-state index in [2.05, 4.69) is 24.2 Å². The number of benzene rings is 1. The predicted molar refractivity (Wildman–Crippen MR) is 67.5 cm³/mol. The molecule has 3 N–H and O–H groups in total. The van der Waals surface area contributed by atoms with Gasteiger partial charge in [-0.3, -0.25) is 20.9 Å². The van der Waals surface area contributed by atoms with Gasteiger partial charge in [0.1, 0.15) is 5.69 Å². The highest BCUT2D eigenvalue weighted by molar-refractivity contribution is 5.62. The molecule has 94 valence electrons. The topological polar surface area (TPSA) is 84.4 Å². The maximum atomic E-state index is 10.7. The first-order valence-electron chi connectivity index (χ1n) is 5.40. The molecule has 1 aromatic carbocycles. The van der Waals surface area contributed by atoms with Crippen molar-refractivity contribution in [3.63, 3.8) is 0 Å². The van der Waals surface area contributed by atoms with Crippen LogP contribution in [-0.2, 0) is 6.54 Å². The molecule has 6 heteroatoms. The molecule has 0 fully saturated rings. The van der Waals surface area contributed by atoms with Gasteiger partial charge < -0.3 is 5.43 Å². The average Bonchev–Trinajstić information content (AvgIpc) is 2.28. The summed E-state index contributed by atoms with van der Waals surface area (Å²) in [6.45, 7) is 4.91. The van der Waals surface area contributed by atoms with Crippen LogP contribution >= 0.6 is 0 Å². The highest BCUT2D eigenvalue weighted by Gasteiger charge is 2.14. The van der Waals surface area contributed by atoms with Crippen molar-refractivity contribution >= 4 is 11.4 Å². The normalized spacial score (nSPS) is 10.9. The van der Waals surface area contributed by atoms with Crippen LogP contribution in [0.15, 0.2) is 18.2 Å². The number of anilines is 1. The van der Waals surface area contributed by atoms with Crippen LogP contribution in [0.25, 0.3) is 0 Å². The molecule has 1 aromatic rings. The molecule has 0 aliphatic heterocycles. The maximum Gasteiger partial charge on any atom is 0.293 e. The Morgan fingerprint density at radius 1 is 1.53 bits per heavy atom. The van der Waals surface area contributed by atoms with Crippen molar-refractivity contribution < 1.29 is 4.92 Å². The van der Waals surface area contributed by atoms with Gasteiger partial charge in [-0.15, -0.1) is 0 Å². The first-order valence-corrected chi connectivity index (χ1v) is 5.40. The Labute approximate surface area is 101 Å². The van der Waals surface area contributed by atoms with Crippen molar-refractivity contribution in [2.75, 3.05) is 12.5 Å². The fourth-order valence-electron chi connectivity index (χ4n) is 1.43. The van der Waals surface area contributed by atoms with Crippen LogP contribution in [0.4, 0.5) is 11.4 Å². The number of nitro benzene ring substituents is 1. The highest BCUT2D eigenvalue weighted by Crippen LogP contribution is 2.25. The van der Waals surface area contributed by atoms with Gasteiger partial charge in [0.15, 0.2) is 0 Å². The number of nitrogens with one attached hydrogen (secondary N) is 1. The van der Waals surface area contributed by atoms with E-state index < -0.39 is 4.92 Å². The molecule has 0 unspecified atom stereocenters. The standard InChI is InChI=1S/C11H18N4O2/c1-8(2)14(3)7-9-4-5-11(15(16)17)10(6-9)13-12/h4-6,8,13H,7,12H2,1-3H3. The van der Waals surface area contributed by atoms with E-state index in [-0.39, 0.29) is 5.69 Å². The number of nitrogens with zero attached hydrogens (tertiary/aromatic N) is 2. The Bertz CT molecular complexity index is 406. The molecule has 0 atom stereocenters. The van der Waals surface area contributed by atoms with Gasteiger partial charge in [-0.25, -0.2) is 0 Å². The van der Waals surface area contributed by atoms with E-state index in [0.29, 0.717) is 11.7 Å². The molecule has 0 aromatic heterocycles. The van der Waals surface area contributed by atoms with Gasteiger partial charge in [-0.05, 0) is 32.5 Å². The Hall–Kier alpha value is -1.66. The molecule has 1 rings (SSSR count). The number of rotatable bonds is 5. The number of hydrogen-bond acceptors (Lipinski definition) is 5. The minimum atomic E-state index is -0.453. The zero-order valence-electron chi connectivity index (χ0n) is 10.3. The first kappa shape index (κ1) is 13.4. The molecule has 0 aliphatic carbocycles. The van der Waals surface area contributed by atoms with E-state index in [9.17, 15) is 10.1 Å². The van der Waals surface area contributed by atoms with E-state index in [4.69, 9.17) is 5.84 Å². The zero-order valence-corrected chi connectivity index (χ0v) is 10.3. The second-order valence-electron chi connectivity index (χ2n) is 4.26. The number of nitro groups is 1. The summed E-state index contributed by atoms with van der Waals surface area (Å²) in [6, 6.07) is 5.34. The highest BCUT2D eigenvalue weighted by atomic mass is 16.6. The summed E-state index contributed by atoms with van der Waals surface area (Å²) in [7, 11) is 2.00. The molecule has 0 spiro atoms. The first-order chi connectivity index (χ1) is 7.95. The monoisotopic (exact) mass is 238 g/mol. The molecule has 0 amide bonds. The molecule has 17 heavy (non-hydrogen) atoms. The lowest BCUT2D eigenvalue weighted by atomic mass is 10.1. The minimum absolute atomic E-state index is 0.0107. The molecule has 6 nitrogen and oxygen atoms in total. The quantitative estimate of drug-likeness (QED) is 0.463. The average molecular weight is 238 g/mol. The summed E-state index contributed by atoms with van der Waals surface area (Å²) in [4.78, 5) is 12.4. The van der Waals surface area contributed by atoms with Crippen LogP contribution in [0.2, 0.25) is 0 Å². The van der Waals surface area contributed by atoms with Crippen LogP contribution in [0.3, 0.4) is 0 Å². The summed E-state index contributed by atoms with van der Waals surface area (Å²) in [5, 5.41) is 10.7. The smallest absolute Gasteiger partial charge is 0.293 e. The van der Waals surface area contributed by atoms with E-state index >= 15 is 0 Å². The van der Waals surface area contributed by atoms with E-state index in [0.717, 1.165) is 12.1 Å². The van der Waals surface area contributed by atoms with Crippen molar-refractivity contribution in [3.05, 3.63) is 33.9 Å². The van der Waals surface area contributed by atoms with Crippen molar-refractivity contribution in [1.29, 1.82) is 0 Å². The third-order valence-electron chi connectivity index (χ3n) is 2.73. The lowest BCUT2D eigenvalue weighted by Crippen LogP contribution is -2.25. The summed E-state index contributed by atoms with van der Waals surface area (Å²) in [5.74, 6) is 5.28. The lowest BCUT2D eigenvalue weighted by Gasteiger charge is -2.21. The zero-order chi connectivity index (χ0) is 13.0. The molecular weight excluding hydrogens is 220 g/mol. The molecule has 0 heterocycles. The van der Waals surface area contributed by atoms with Gasteiger partial charge in [-0.2, -0.15) is 0 Å². The third-order valence-corrected chi connectivity index (χ3v) is 2.73. The predicted octanol–water partition coefficient (Wildman–Crippen LogP) is 1.72. The van der Waals surface area contributed by atoms with Gasteiger partial charge in [0.25, 0.3) is 5.69 Å². The number of nitrogen functional groups attached to an aromatic ring is 1. The van der Waals surface area contributed by atoms with Crippen LogP contribution in [-0.4, -0.2) is 22.9 Å². The molecule has 0 bridgehead atoms. The SMILES string of the molecule is CC(C)N(C)Cc1ccc([N+](=O)[O-])c(NN)c1. The summed E-state index contributed by atoms with van der Waals surface area (Å²) in [5.41, 5.74) is 3.67. The van der Waals surface area contributed by atoms with Crippen LogP contribution in [0, 0.1) is 10.1 Å². The summed E-state index contributed by atoms with van der Waals surface area (Å²) in [6.07, 6.45) is 0. The Kier molecular flexibility index (Phi) is 4.42. The second kappa shape index (κ2) is 5.60. The summed E-state index contributed by atoms with van der Waals surface area (Å²) < 4.78 is 0. The fraction of sp³-hybridized carbons (Fsp3) is 0.455. The molecular formula is C11H18N4O2. The van der Waals surface area contributed by atoms with Crippen LogP contribution < -0.4 is 11.3 Å². The minimum Gasteiger partial charge on any atom is -0.318 e. The van der Waals surface area contributed by atoms with E-state index in [1.165, 1.54) is 6.07 Å².